The van der Waals surface area contributed by atoms with E-state index in [0.717, 1.165) is 42.0 Å². The van der Waals surface area contributed by atoms with Crippen LogP contribution < -0.4 is 21.1 Å². The average molecular weight is 460 g/mol. The number of hydrogen-bond donors (Lipinski definition) is 3. The quantitative estimate of drug-likeness (QED) is 0.470. The second-order valence-corrected chi connectivity index (χ2v) is 8.85. The van der Waals surface area contributed by atoms with Crippen molar-refractivity contribution in [2.24, 2.45) is 5.73 Å². The van der Waals surface area contributed by atoms with Gasteiger partial charge in [0.2, 0.25) is 5.88 Å². The third kappa shape index (κ3) is 5.76. The monoisotopic (exact) mass is 459 g/mol. The summed E-state index contributed by atoms with van der Waals surface area (Å²) in [6, 6.07) is 5.61. The van der Waals surface area contributed by atoms with Crippen LogP contribution in [0.5, 0.6) is 5.88 Å². The molecule has 4 N–H and O–H groups in total. The first-order valence-corrected chi connectivity index (χ1v) is 11.8. The number of ether oxygens (including phenoxy) is 2. The van der Waals surface area contributed by atoms with Gasteiger partial charge in [0.15, 0.2) is 0 Å². The molecule has 4 rings (SSSR count). The number of carbonyl (C=O) groups excluding carboxylic acids is 2. The maximum absolute atomic E-state index is 12.2. The molecule has 1 fully saturated rings. The Kier molecular flexibility index (Phi) is 7.56. The van der Waals surface area contributed by atoms with Gasteiger partial charge in [-0.2, -0.15) is 4.37 Å². The Labute approximate surface area is 191 Å². The summed E-state index contributed by atoms with van der Waals surface area (Å²) in [5.41, 5.74) is 8.88. The van der Waals surface area contributed by atoms with Crippen LogP contribution in [0.25, 0.3) is 0 Å². The van der Waals surface area contributed by atoms with Gasteiger partial charge < -0.3 is 25.4 Å². The minimum Gasteiger partial charge on any atom is -0.472 e. The fourth-order valence-electron chi connectivity index (χ4n) is 3.96. The molecule has 3 amide bonds. The minimum atomic E-state index is -0.697. The van der Waals surface area contributed by atoms with Gasteiger partial charge in [-0.3, -0.25) is 10.1 Å². The van der Waals surface area contributed by atoms with Crippen molar-refractivity contribution in [2.75, 3.05) is 31.5 Å². The number of anilines is 1. The van der Waals surface area contributed by atoms with E-state index in [4.69, 9.17) is 15.2 Å². The Morgan fingerprint density at radius 2 is 2.00 bits per heavy atom. The van der Waals surface area contributed by atoms with Gasteiger partial charge in [0, 0.05) is 6.54 Å². The van der Waals surface area contributed by atoms with Crippen molar-refractivity contribution in [3.63, 3.8) is 0 Å². The number of nitrogens with two attached hydrogens (primary N) is 1. The molecule has 0 aliphatic carbocycles. The van der Waals surface area contributed by atoms with E-state index >= 15 is 0 Å². The summed E-state index contributed by atoms with van der Waals surface area (Å²) in [7, 11) is 0. The number of carbonyl (C=O) groups is 2. The Hall–Kier alpha value is -2.69. The fraction of sp³-hybridized carbons (Fsp3) is 0.500. The molecule has 3 heterocycles. The molecule has 1 saturated heterocycles. The number of amides is 3. The van der Waals surface area contributed by atoms with E-state index in [9.17, 15) is 9.59 Å². The van der Waals surface area contributed by atoms with Gasteiger partial charge in [0.25, 0.3) is 5.91 Å². The molecule has 2 aliphatic heterocycles. The van der Waals surface area contributed by atoms with Gasteiger partial charge in [-0.05, 0) is 79.6 Å². The molecule has 0 bridgehead atoms. The third-order valence-electron chi connectivity index (χ3n) is 5.68. The van der Waals surface area contributed by atoms with Crippen LogP contribution in [0, 0.1) is 0 Å². The van der Waals surface area contributed by atoms with Crippen molar-refractivity contribution in [1.82, 2.24) is 14.6 Å². The molecule has 0 spiro atoms. The number of benzene rings is 1. The minimum absolute atomic E-state index is 0.0867. The number of likely N-dealkylation sites (tertiary alicyclic amines) is 1. The number of urea groups is 1. The number of unbranched alkanes of at least 4 members (excludes halogenated alkanes) is 1. The highest BCUT2D eigenvalue weighted by atomic mass is 32.1. The van der Waals surface area contributed by atoms with Crippen LogP contribution >= 0.6 is 11.5 Å². The lowest BCUT2D eigenvalue weighted by Gasteiger charge is -2.14. The van der Waals surface area contributed by atoms with Crippen molar-refractivity contribution in [3.8, 4) is 5.88 Å². The molecule has 0 saturated carbocycles. The molecule has 0 unspecified atom stereocenters. The summed E-state index contributed by atoms with van der Waals surface area (Å²) < 4.78 is 15.4. The number of fused-ring (bicyclic) bond motifs is 1. The zero-order valence-corrected chi connectivity index (χ0v) is 18.8. The van der Waals surface area contributed by atoms with Crippen LogP contribution in [0.3, 0.4) is 0 Å². The SMILES string of the molecule is NC(=O)c1c(OCc2ccc3c(c2)COC3)nsc1NC(=O)NCCCCN1CCCC1. The number of primary amides is 1. The van der Waals surface area contributed by atoms with E-state index in [0.29, 0.717) is 19.8 Å². The predicted molar refractivity (Wildman–Crippen MR) is 122 cm³/mol. The van der Waals surface area contributed by atoms with E-state index in [1.54, 1.807) is 0 Å². The van der Waals surface area contributed by atoms with Gasteiger partial charge >= 0.3 is 6.03 Å². The summed E-state index contributed by atoms with van der Waals surface area (Å²) in [4.78, 5) is 26.7. The average Bonchev–Trinajstić information content (AvgIpc) is 3.52. The highest BCUT2D eigenvalue weighted by Crippen LogP contribution is 2.31. The van der Waals surface area contributed by atoms with Gasteiger partial charge in [-0.25, -0.2) is 4.79 Å². The lowest BCUT2D eigenvalue weighted by atomic mass is 10.1. The number of nitrogens with zero attached hydrogens (tertiary/aromatic N) is 2. The molecule has 0 atom stereocenters. The molecule has 1 aromatic heterocycles. The summed E-state index contributed by atoms with van der Waals surface area (Å²) in [5.74, 6) is -0.572. The fourth-order valence-corrected chi connectivity index (χ4v) is 4.70. The first-order valence-electron chi connectivity index (χ1n) is 11.0. The molecular weight excluding hydrogens is 430 g/mol. The predicted octanol–water partition coefficient (Wildman–Crippen LogP) is 2.85. The van der Waals surface area contributed by atoms with Gasteiger partial charge in [0.1, 0.15) is 17.2 Å². The second-order valence-electron chi connectivity index (χ2n) is 8.08. The summed E-state index contributed by atoms with van der Waals surface area (Å²) in [5, 5.41) is 5.78. The highest BCUT2D eigenvalue weighted by molar-refractivity contribution is 7.11. The number of hydrogen-bond acceptors (Lipinski definition) is 7. The molecule has 32 heavy (non-hydrogen) atoms. The first kappa shape index (κ1) is 22.5. The van der Waals surface area contributed by atoms with E-state index < -0.39 is 5.91 Å². The van der Waals surface area contributed by atoms with Crippen LogP contribution in [0.15, 0.2) is 18.2 Å². The lowest BCUT2D eigenvalue weighted by molar-refractivity contribution is 0.0996. The molecular formula is C22H29N5O4S. The summed E-state index contributed by atoms with van der Waals surface area (Å²) >= 11 is 0.974. The van der Waals surface area contributed by atoms with Gasteiger partial charge in [0.05, 0.1) is 13.2 Å². The van der Waals surface area contributed by atoms with E-state index in [2.05, 4.69) is 19.9 Å². The van der Waals surface area contributed by atoms with Crippen molar-refractivity contribution < 1.29 is 19.1 Å². The summed E-state index contributed by atoms with van der Waals surface area (Å²) in [6.07, 6.45) is 4.51. The van der Waals surface area contributed by atoms with Crippen LogP contribution in [0.4, 0.5) is 9.80 Å². The van der Waals surface area contributed by atoms with Crippen molar-refractivity contribution >= 4 is 28.5 Å². The largest absolute Gasteiger partial charge is 0.472 e. The van der Waals surface area contributed by atoms with E-state index in [1.807, 2.05) is 18.2 Å². The maximum Gasteiger partial charge on any atom is 0.319 e. The standard InChI is InChI=1S/C22H29N5O4S/c23-19(28)18-20(31-12-15-5-6-16-13-30-14-17(16)11-15)26-32-21(18)25-22(29)24-7-1-2-8-27-9-3-4-10-27/h5-6,11H,1-4,7-10,12-14H2,(H2,23,28)(H2,24,25,29). The highest BCUT2D eigenvalue weighted by Gasteiger charge is 2.22. The zero-order chi connectivity index (χ0) is 22.3. The third-order valence-corrected chi connectivity index (χ3v) is 6.43. The van der Waals surface area contributed by atoms with Crippen LogP contribution in [-0.2, 0) is 24.6 Å². The second kappa shape index (κ2) is 10.8. The molecule has 9 nitrogen and oxygen atoms in total. The van der Waals surface area contributed by atoms with Crippen LogP contribution in [0.2, 0.25) is 0 Å². The maximum atomic E-state index is 12.2. The van der Waals surface area contributed by atoms with E-state index in [-0.39, 0.29) is 29.1 Å². The van der Waals surface area contributed by atoms with Crippen molar-refractivity contribution in [3.05, 3.63) is 40.5 Å². The first-order chi connectivity index (χ1) is 15.6. The number of nitrogens with one attached hydrogen (secondary N) is 2. The zero-order valence-electron chi connectivity index (χ0n) is 18.0. The molecule has 10 heteroatoms. The van der Waals surface area contributed by atoms with Gasteiger partial charge in [-0.1, -0.05) is 12.1 Å². The molecule has 1 aromatic carbocycles. The van der Waals surface area contributed by atoms with E-state index in [1.165, 1.54) is 31.5 Å². The summed E-state index contributed by atoms with van der Waals surface area (Å²) in [6.45, 7) is 5.45. The lowest BCUT2D eigenvalue weighted by Crippen LogP contribution is -2.30. The molecule has 2 aliphatic rings. The normalized spacial score (nSPS) is 15.5. The molecule has 2 aromatic rings. The van der Waals surface area contributed by atoms with Crippen molar-refractivity contribution in [1.29, 1.82) is 0 Å². The Balaban J connectivity index is 1.26. The molecule has 172 valence electrons. The number of rotatable bonds is 10. The van der Waals surface area contributed by atoms with Crippen LogP contribution in [0.1, 0.15) is 52.7 Å². The topological polar surface area (TPSA) is 119 Å². The Morgan fingerprint density at radius 3 is 2.81 bits per heavy atom. The van der Waals surface area contributed by atoms with Crippen LogP contribution in [-0.4, -0.2) is 47.4 Å². The number of aromatic nitrogens is 1. The Morgan fingerprint density at radius 1 is 1.19 bits per heavy atom. The smallest absolute Gasteiger partial charge is 0.319 e. The Bertz CT molecular complexity index is 958. The molecule has 0 radical (unpaired) electrons. The van der Waals surface area contributed by atoms with Gasteiger partial charge in [-0.15, -0.1) is 0 Å². The van der Waals surface area contributed by atoms with Crippen molar-refractivity contribution in [2.45, 2.75) is 45.5 Å².